The highest BCUT2D eigenvalue weighted by atomic mass is 35.5. The van der Waals surface area contributed by atoms with E-state index in [-0.39, 0.29) is 0 Å². The molecule has 4 aromatic rings. The standard InChI is InChI=1S/C13H11Cl2NO2S.C12H9Cl2NO2S/c1-7-2-3-11(19-7)12(13(17)18)16-10-5-8(14)4-9(15)6-10;13-8-3-9(14)5-10(4-8)15-11(12(16)17)7-1-2-18-6-7/h2-6,12,16H,1H3,(H,17,18);1-6,11,15H,(H,16,17). The SMILES string of the molecule is Cc1ccc(C(Nc2cc(Cl)cc(Cl)c2)C(=O)O)s1.O=C(O)C(Nc1cc(Cl)cc(Cl)c1)c1ccsc1. The summed E-state index contributed by atoms with van der Waals surface area (Å²) in [5.74, 6) is -1.90. The lowest BCUT2D eigenvalue weighted by molar-refractivity contribution is -0.139. The molecule has 12 heteroatoms. The molecule has 4 N–H and O–H groups in total. The molecule has 0 radical (unpaired) electrons. The number of carboxylic acid groups (broad SMARTS) is 2. The minimum atomic E-state index is -0.954. The van der Waals surface area contributed by atoms with E-state index in [4.69, 9.17) is 46.4 Å². The van der Waals surface area contributed by atoms with Gasteiger partial charge in [-0.3, -0.25) is 0 Å². The zero-order chi connectivity index (χ0) is 27.1. The Kier molecular flexibility index (Phi) is 10.5. The second-order valence-corrected chi connectivity index (χ2v) is 11.5. The second kappa shape index (κ2) is 13.4. The summed E-state index contributed by atoms with van der Waals surface area (Å²) >= 11 is 26.4. The molecule has 0 aliphatic heterocycles. The average Bonchev–Trinajstić information content (AvgIpc) is 3.46. The third-order valence-electron chi connectivity index (χ3n) is 4.76. The molecule has 0 saturated heterocycles. The van der Waals surface area contributed by atoms with Crippen LogP contribution in [-0.4, -0.2) is 22.2 Å². The molecule has 0 aliphatic carbocycles. The van der Waals surface area contributed by atoms with Crippen LogP contribution in [0.25, 0.3) is 0 Å². The fraction of sp³-hybridized carbons (Fsp3) is 0.120. The summed E-state index contributed by atoms with van der Waals surface area (Å²) in [6.07, 6.45) is 0. The summed E-state index contributed by atoms with van der Waals surface area (Å²) in [6.45, 7) is 1.93. The largest absolute Gasteiger partial charge is 0.479 e. The van der Waals surface area contributed by atoms with E-state index in [9.17, 15) is 19.8 Å². The molecule has 4 rings (SSSR count). The lowest BCUT2D eigenvalue weighted by Crippen LogP contribution is -2.19. The first-order valence-corrected chi connectivity index (χ1v) is 13.8. The van der Waals surface area contributed by atoms with Gasteiger partial charge in [-0.05, 0) is 77.8 Å². The molecule has 2 heterocycles. The van der Waals surface area contributed by atoms with Gasteiger partial charge in [-0.2, -0.15) is 11.3 Å². The van der Waals surface area contributed by atoms with Crippen molar-refractivity contribution >= 4 is 92.4 Å². The number of benzene rings is 2. The Morgan fingerprint density at radius 1 is 0.757 bits per heavy atom. The molecule has 2 atom stereocenters. The highest BCUT2D eigenvalue weighted by Crippen LogP contribution is 2.30. The Labute approximate surface area is 241 Å². The van der Waals surface area contributed by atoms with Crippen LogP contribution in [0.4, 0.5) is 11.4 Å². The molecule has 2 aromatic heterocycles. The molecule has 37 heavy (non-hydrogen) atoms. The molecule has 2 unspecified atom stereocenters. The lowest BCUT2D eigenvalue weighted by atomic mass is 10.1. The van der Waals surface area contributed by atoms with Crippen molar-refractivity contribution in [2.75, 3.05) is 10.6 Å². The van der Waals surface area contributed by atoms with Crippen LogP contribution in [0, 0.1) is 6.92 Å². The number of carbonyl (C=O) groups is 2. The van der Waals surface area contributed by atoms with Crippen molar-refractivity contribution in [3.05, 3.63) is 101 Å². The Hall–Kier alpha value is -2.46. The predicted octanol–water partition coefficient (Wildman–Crippen LogP) is 8.89. The van der Waals surface area contributed by atoms with Gasteiger partial charge in [0.05, 0.1) is 0 Å². The molecule has 194 valence electrons. The minimum Gasteiger partial charge on any atom is -0.479 e. The number of nitrogens with one attached hydrogen (secondary N) is 2. The molecule has 0 saturated carbocycles. The summed E-state index contributed by atoms with van der Waals surface area (Å²) in [5, 5.41) is 29.8. The Morgan fingerprint density at radius 3 is 1.62 bits per heavy atom. The van der Waals surface area contributed by atoms with Gasteiger partial charge in [-0.15, -0.1) is 11.3 Å². The van der Waals surface area contributed by atoms with Crippen LogP contribution in [0.3, 0.4) is 0 Å². The highest BCUT2D eigenvalue weighted by Gasteiger charge is 2.22. The molecule has 0 spiro atoms. The van der Waals surface area contributed by atoms with Crippen LogP contribution in [-0.2, 0) is 9.59 Å². The van der Waals surface area contributed by atoms with Gasteiger partial charge in [0, 0.05) is 41.2 Å². The van der Waals surface area contributed by atoms with Crippen molar-refractivity contribution < 1.29 is 19.8 Å². The predicted molar refractivity (Wildman–Crippen MR) is 154 cm³/mol. The molecule has 2 aromatic carbocycles. The van der Waals surface area contributed by atoms with Crippen molar-refractivity contribution in [3.8, 4) is 0 Å². The van der Waals surface area contributed by atoms with Crippen LogP contribution in [0.1, 0.15) is 27.4 Å². The molecule has 0 bridgehead atoms. The first-order valence-electron chi connectivity index (χ1n) is 10.5. The van der Waals surface area contributed by atoms with Gasteiger partial charge in [0.2, 0.25) is 0 Å². The van der Waals surface area contributed by atoms with Crippen molar-refractivity contribution in [2.24, 2.45) is 0 Å². The minimum absolute atomic E-state index is 0.458. The van der Waals surface area contributed by atoms with E-state index in [2.05, 4.69) is 10.6 Å². The number of anilines is 2. The van der Waals surface area contributed by atoms with E-state index in [1.807, 2.05) is 18.4 Å². The molecular formula is C25H20Cl4N2O4S2. The van der Waals surface area contributed by atoms with Crippen LogP contribution in [0.2, 0.25) is 20.1 Å². The third kappa shape index (κ3) is 8.81. The molecule has 0 fully saturated rings. The normalized spacial score (nSPS) is 12.1. The van der Waals surface area contributed by atoms with Crippen LogP contribution in [0.15, 0.2) is 65.4 Å². The molecular weight excluding hydrogens is 598 g/mol. The topological polar surface area (TPSA) is 98.7 Å². The van der Waals surface area contributed by atoms with Crippen molar-refractivity contribution in [2.45, 2.75) is 19.0 Å². The van der Waals surface area contributed by atoms with Gasteiger partial charge < -0.3 is 20.8 Å². The number of rotatable bonds is 8. The van der Waals surface area contributed by atoms with E-state index in [0.29, 0.717) is 37.0 Å². The number of hydrogen-bond acceptors (Lipinski definition) is 6. The lowest BCUT2D eigenvalue weighted by Gasteiger charge is -2.15. The average molecular weight is 618 g/mol. The zero-order valence-corrected chi connectivity index (χ0v) is 23.7. The molecule has 0 amide bonds. The Bertz CT molecular complexity index is 1340. The maximum atomic E-state index is 11.4. The van der Waals surface area contributed by atoms with E-state index < -0.39 is 24.0 Å². The number of hydrogen-bond donors (Lipinski definition) is 4. The first kappa shape index (κ1) is 29.1. The number of aryl methyl sites for hydroxylation is 1. The van der Waals surface area contributed by atoms with Crippen LogP contribution >= 0.6 is 69.1 Å². The Balaban J connectivity index is 0.000000206. The van der Waals surface area contributed by atoms with Gasteiger partial charge in [-0.25, -0.2) is 9.59 Å². The maximum absolute atomic E-state index is 11.4. The fourth-order valence-corrected chi connectivity index (χ4v) is 5.86. The van der Waals surface area contributed by atoms with E-state index in [1.165, 1.54) is 22.7 Å². The van der Waals surface area contributed by atoms with E-state index in [1.54, 1.807) is 53.9 Å². The van der Waals surface area contributed by atoms with Gasteiger partial charge >= 0.3 is 11.9 Å². The highest BCUT2D eigenvalue weighted by molar-refractivity contribution is 7.12. The van der Waals surface area contributed by atoms with Crippen molar-refractivity contribution in [1.82, 2.24) is 0 Å². The maximum Gasteiger partial charge on any atom is 0.331 e. The fourth-order valence-electron chi connectivity index (χ4n) is 3.20. The number of thiophene rings is 2. The molecule has 0 aliphatic rings. The summed E-state index contributed by atoms with van der Waals surface area (Å²) in [4.78, 5) is 24.4. The van der Waals surface area contributed by atoms with Crippen molar-refractivity contribution in [3.63, 3.8) is 0 Å². The third-order valence-corrected chi connectivity index (χ3v) is 7.40. The van der Waals surface area contributed by atoms with E-state index in [0.717, 1.165) is 9.75 Å². The van der Waals surface area contributed by atoms with Crippen molar-refractivity contribution in [1.29, 1.82) is 0 Å². The quantitative estimate of drug-likeness (QED) is 0.158. The van der Waals surface area contributed by atoms with Crippen LogP contribution < -0.4 is 10.6 Å². The van der Waals surface area contributed by atoms with Gasteiger partial charge in [0.1, 0.15) is 0 Å². The number of halogens is 4. The zero-order valence-electron chi connectivity index (χ0n) is 19.0. The Morgan fingerprint density at radius 2 is 1.24 bits per heavy atom. The first-order chi connectivity index (χ1) is 17.5. The van der Waals surface area contributed by atoms with Crippen LogP contribution in [0.5, 0.6) is 0 Å². The monoisotopic (exact) mass is 616 g/mol. The van der Waals surface area contributed by atoms with E-state index >= 15 is 0 Å². The molecule has 6 nitrogen and oxygen atoms in total. The number of carboxylic acids is 2. The summed E-state index contributed by atoms with van der Waals surface area (Å²) in [6, 6.07) is 13.6. The summed E-state index contributed by atoms with van der Waals surface area (Å²) in [7, 11) is 0. The number of aliphatic carboxylic acids is 2. The smallest absolute Gasteiger partial charge is 0.331 e. The van der Waals surface area contributed by atoms with Gasteiger partial charge in [0.15, 0.2) is 12.1 Å². The van der Waals surface area contributed by atoms with Gasteiger partial charge in [-0.1, -0.05) is 46.4 Å². The van der Waals surface area contributed by atoms with Gasteiger partial charge in [0.25, 0.3) is 0 Å². The summed E-state index contributed by atoms with van der Waals surface area (Å²) < 4.78 is 0. The second-order valence-electron chi connectivity index (χ2n) is 7.65. The summed E-state index contributed by atoms with van der Waals surface area (Å²) in [5.41, 5.74) is 1.85.